The summed E-state index contributed by atoms with van der Waals surface area (Å²) in [5.41, 5.74) is 0.200. The normalized spacial score (nSPS) is 20.2. The zero-order valence-electron chi connectivity index (χ0n) is 9.95. The molecular formula is C12H15N3O3. The van der Waals surface area contributed by atoms with Crippen LogP contribution in [0.5, 0.6) is 0 Å². The zero-order chi connectivity index (χ0) is 13.0. The van der Waals surface area contributed by atoms with Gasteiger partial charge in [0.05, 0.1) is 6.20 Å². The molecule has 0 aromatic carbocycles. The summed E-state index contributed by atoms with van der Waals surface area (Å²) in [7, 11) is 0. The number of hydrogen-bond donors (Lipinski definition) is 1. The Hall–Kier alpha value is -1.98. The van der Waals surface area contributed by atoms with E-state index in [1.807, 2.05) is 0 Å². The topological polar surface area (TPSA) is 83.4 Å². The number of carboxylic acids is 1. The Labute approximate surface area is 105 Å². The van der Waals surface area contributed by atoms with E-state index in [4.69, 9.17) is 0 Å². The molecule has 1 atom stereocenters. The molecule has 1 aromatic rings. The van der Waals surface area contributed by atoms with Gasteiger partial charge in [-0.1, -0.05) is 12.8 Å². The second-order valence-electron chi connectivity index (χ2n) is 4.29. The third kappa shape index (κ3) is 2.64. The number of amides is 1. The van der Waals surface area contributed by atoms with E-state index < -0.39 is 12.0 Å². The molecule has 1 aliphatic rings. The van der Waals surface area contributed by atoms with Crippen molar-refractivity contribution in [1.82, 2.24) is 14.9 Å². The number of hydrogen-bond acceptors (Lipinski definition) is 4. The van der Waals surface area contributed by atoms with Gasteiger partial charge in [-0.25, -0.2) is 9.78 Å². The first kappa shape index (κ1) is 12.5. The van der Waals surface area contributed by atoms with Crippen molar-refractivity contribution in [2.45, 2.75) is 31.7 Å². The molecule has 1 N–H and O–H groups in total. The van der Waals surface area contributed by atoms with Crippen LogP contribution in [0.4, 0.5) is 0 Å². The third-order valence-electron chi connectivity index (χ3n) is 3.08. The van der Waals surface area contributed by atoms with E-state index in [2.05, 4.69) is 9.97 Å². The fourth-order valence-corrected chi connectivity index (χ4v) is 2.16. The van der Waals surface area contributed by atoms with Crippen LogP contribution in [-0.2, 0) is 4.79 Å². The van der Waals surface area contributed by atoms with Crippen molar-refractivity contribution in [3.8, 4) is 0 Å². The van der Waals surface area contributed by atoms with Gasteiger partial charge < -0.3 is 10.0 Å². The molecule has 0 bridgehead atoms. The molecule has 1 fully saturated rings. The fourth-order valence-electron chi connectivity index (χ4n) is 2.16. The molecule has 2 rings (SSSR count). The van der Waals surface area contributed by atoms with E-state index in [1.165, 1.54) is 23.5 Å². The Kier molecular flexibility index (Phi) is 3.86. The lowest BCUT2D eigenvalue weighted by Crippen LogP contribution is -2.44. The molecule has 6 nitrogen and oxygen atoms in total. The van der Waals surface area contributed by atoms with Gasteiger partial charge in [0, 0.05) is 18.9 Å². The van der Waals surface area contributed by atoms with E-state index in [0.717, 1.165) is 19.3 Å². The first-order valence-corrected chi connectivity index (χ1v) is 6.00. The number of aromatic nitrogens is 2. The first-order chi connectivity index (χ1) is 8.70. The van der Waals surface area contributed by atoms with Gasteiger partial charge in [-0.3, -0.25) is 9.78 Å². The van der Waals surface area contributed by atoms with Crippen LogP contribution in [0.3, 0.4) is 0 Å². The van der Waals surface area contributed by atoms with Crippen LogP contribution in [0.2, 0.25) is 0 Å². The molecule has 0 saturated carbocycles. The minimum atomic E-state index is -0.950. The average molecular weight is 249 g/mol. The smallest absolute Gasteiger partial charge is 0.326 e. The second kappa shape index (κ2) is 5.57. The van der Waals surface area contributed by atoms with Crippen molar-refractivity contribution in [1.29, 1.82) is 0 Å². The van der Waals surface area contributed by atoms with Gasteiger partial charge in [0.25, 0.3) is 5.91 Å². The Balaban J connectivity index is 2.22. The molecule has 1 aliphatic heterocycles. The molecule has 1 aromatic heterocycles. The lowest BCUT2D eigenvalue weighted by atomic mass is 10.1. The Morgan fingerprint density at radius 1 is 1.28 bits per heavy atom. The highest BCUT2D eigenvalue weighted by molar-refractivity contribution is 5.94. The van der Waals surface area contributed by atoms with Crippen molar-refractivity contribution < 1.29 is 14.7 Å². The number of carbonyl (C=O) groups excluding carboxylic acids is 1. The highest BCUT2D eigenvalue weighted by Gasteiger charge is 2.31. The Morgan fingerprint density at radius 2 is 2.11 bits per heavy atom. The van der Waals surface area contributed by atoms with Crippen molar-refractivity contribution >= 4 is 11.9 Å². The highest BCUT2D eigenvalue weighted by Crippen LogP contribution is 2.18. The maximum absolute atomic E-state index is 12.2. The summed E-state index contributed by atoms with van der Waals surface area (Å²) in [4.78, 5) is 32.6. The third-order valence-corrected chi connectivity index (χ3v) is 3.08. The Morgan fingerprint density at radius 3 is 2.78 bits per heavy atom. The SMILES string of the molecule is O=C(O)C1CCCCCN1C(=O)c1cnccn1. The van der Waals surface area contributed by atoms with E-state index in [0.29, 0.717) is 13.0 Å². The number of rotatable bonds is 2. The van der Waals surface area contributed by atoms with Crippen molar-refractivity contribution in [2.75, 3.05) is 6.54 Å². The number of carboxylic acid groups (broad SMARTS) is 1. The number of carbonyl (C=O) groups is 2. The Bertz CT molecular complexity index is 435. The maximum Gasteiger partial charge on any atom is 0.326 e. The summed E-state index contributed by atoms with van der Waals surface area (Å²) in [5.74, 6) is -1.30. The predicted octanol–water partition coefficient (Wildman–Crippen LogP) is 0.946. The largest absolute Gasteiger partial charge is 0.480 e. The van der Waals surface area contributed by atoms with E-state index in [-0.39, 0.29) is 11.6 Å². The fraction of sp³-hybridized carbons (Fsp3) is 0.500. The minimum absolute atomic E-state index is 0.200. The first-order valence-electron chi connectivity index (χ1n) is 6.00. The molecule has 1 amide bonds. The van der Waals surface area contributed by atoms with Gasteiger partial charge in [-0.2, -0.15) is 0 Å². The second-order valence-corrected chi connectivity index (χ2v) is 4.29. The van der Waals surface area contributed by atoms with Gasteiger partial charge in [0.15, 0.2) is 0 Å². The van der Waals surface area contributed by atoms with Crippen molar-refractivity contribution in [3.05, 3.63) is 24.3 Å². The van der Waals surface area contributed by atoms with E-state index in [9.17, 15) is 14.7 Å². The van der Waals surface area contributed by atoms with Crippen LogP contribution in [-0.4, -0.2) is 44.4 Å². The van der Waals surface area contributed by atoms with Gasteiger partial charge in [0.2, 0.25) is 0 Å². The van der Waals surface area contributed by atoms with Crippen LogP contribution < -0.4 is 0 Å². The van der Waals surface area contributed by atoms with Gasteiger partial charge in [-0.05, 0) is 12.8 Å². The molecule has 96 valence electrons. The van der Waals surface area contributed by atoms with E-state index in [1.54, 1.807) is 0 Å². The van der Waals surface area contributed by atoms with E-state index >= 15 is 0 Å². The molecule has 18 heavy (non-hydrogen) atoms. The summed E-state index contributed by atoms with van der Waals surface area (Å²) in [6.45, 7) is 0.465. The molecule has 1 unspecified atom stereocenters. The lowest BCUT2D eigenvalue weighted by Gasteiger charge is -2.26. The average Bonchev–Trinajstić information content (AvgIpc) is 2.64. The number of nitrogens with zero attached hydrogens (tertiary/aromatic N) is 3. The molecule has 6 heteroatoms. The van der Waals surface area contributed by atoms with Crippen LogP contribution in [0.25, 0.3) is 0 Å². The summed E-state index contributed by atoms with van der Waals surface area (Å²) in [5, 5.41) is 9.20. The van der Waals surface area contributed by atoms with Crippen molar-refractivity contribution in [2.24, 2.45) is 0 Å². The zero-order valence-corrected chi connectivity index (χ0v) is 9.95. The molecule has 0 spiro atoms. The molecular weight excluding hydrogens is 234 g/mol. The maximum atomic E-state index is 12.2. The highest BCUT2D eigenvalue weighted by atomic mass is 16.4. The summed E-state index contributed by atoms with van der Waals surface area (Å²) < 4.78 is 0. The lowest BCUT2D eigenvalue weighted by molar-refractivity contribution is -0.142. The standard InChI is InChI=1S/C12H15N3O3/c16-11(9-8-13-5-6-14-9)15-7-3-1-2-4-10(15)12(17)18/h5-6,8,10H,1-4,7H2,(H,17,18). The molecule has 0 radical (unpaired) electrons. The van der Waals surface area contributed by atoms with Crippen LogP contribution in [0.15, 0.2) is 18.6 Å². The summed E-state index contributed by atoms with van der Waals surface area (Å²) >= 11 is 0. The van der Waals surface area contributed by atoms with Crippen LogP contribution in [0, 0.1) is 0 Å². The molecule has 0 aliphatic carbocycles. The monoisotopic (exact) mass is 249 g/mol. The predicted molar refractivity (Wildman–Crippen MR) is 63.0 cm³/mol. The quantitative estimate of drug-likeness (QED) is 0.843. The minimum Gasteiger partial charge on any atom is -0.480 e. The van der Waals surface area contributed by atoms with Crippen LogP contribution >= 0.6 is 0 Å². The van der Waals surface area contributed by atoms with Crippen LogP contribution in [0.1, 0.15) is 36.2 Å². The van der Waals surface area contributed by atoms with Gasteiger partial charge >= 0.3 is 5.97 Å². The summed E-state index contributed by atoms with van der Waals surface area (Å²) in [6.07, 6.45) is 7.40. The number of likely N-dealkylation sites (tertiary alicyclic amines) is 1. The number of aliphatic carboxylic acids is 1. The summed E-state index contributed by atoms with van der Waals surface area (Å²) in [6, 6.07) is -0.748. The van der Waals surface area contributed by atoms with Gasteiger partial charge in [-0.15, -0.1) is 0 Å². The van der Waals surface area contributed by atoms with Crippen molar-refractivity contribution in [3.63, 3.8) is 0 Å². The molecule has 1 saturated heterocycles. The molecule has 2 heterocycles. The van der Waals surface area contributed by atoms with Gasteiger partial charge in [0.1, 0.15) is 11.7 Å².